The number of anilines is 1. The topological polar surface area (TPSA) is 101 Å². The van der Waals surface area contributed by atoms with Gasteiger partial charge in [0.1, 0.15) is 5.82 Å². The fourth-order valence-electron chi connectivity index (χ4n) is 4.73. The highest BCUT2D eigenvalue weighted by Crippen LogP contribution is 2.47. The first-order chi connectivity index (χ1) is 15.6. The van der Waals surface area contributed by atoms with Crippen LogP contribution in [0.4, 0.5) is 5.82 Å². The summed E-state index contributed by atoms with van der Waals surface area (Å²) in [6.45, 7) is 7.91. The van der Waals surface area contributed by atoms with Crippen molar-refractivity contribution in [3.8, 4) is 11.5 Å². The van der Waals surface area contributed by atoms with Crippen LogP contribution in [-0.4, -0.2) is 28.9 Å². The number of phenolic OH excluding ortho intramolecular Hbond substituents is 1. The molecule has 0 saturated carbocycles. The molecule has 33 heavy (non-hydrogen) atoms. The first-order valence-corrected chi connectivity index (χ1v) is 10.9. The van der Waals surface area contributed by atoms with Crippen LogP contribution in [-0.2, 0) is 9.59 Å². The van der Waals surface area contributed by atoms with Crippen molar-refractivity contribution in [3.63, 3.8) is 0 Å². The van der Waals surface area contributed by atoms with E-state index >= 15 is 0 Å². The Morgan fingerprint density at radius 1 is 1.21 bits per heavy atom. The second-order valence-corrected chi connectivity index (χ2v) is 9.53. The van der Waals surface area contributed by atoms with Gasteiger partial charge in [-0.25, -0.2) is 4.98 Å². The molecular weight excluding hydrogens is 418 g/mol. The summed E-state index contributed by atoms with van der Waals surface area (Å²) < 4.78 is 5.31. The highest BCUT2D eigenvalue weighted by molar-refractivity contribution is 6.09. The molecule has 0 bridgehead atoms. The largest absolute Gasteiger partial charge is 0.504 e. The van der Waals surface area contributed by atoms with Crippen LogP contribution in [0.1, 0.15) is 50.7 Å². The SMILES string of the molecule is COc1cc(C2C(C(=O)Nc3cc(C)ccn3)=C(C)NC3=C2C(=O)CC(C)(C)C3)ccc1O. The maximum atomic E-state index is 13.5. The number of Topliss-reactive ketones (excluding diaryl/α,β-unsaturated/α-hetero) is 1. The van der Waals surface area contributed by atoms with Crippen LogP contribution in [0.2, 0.25) is 0 Å². The number of methoxy groups -OCH3 is 1. The van der Waals surface area contributed by atoms with Gasteiger partial charge in [0.2, 0.25) is 0 Å². The number of aromatic nitrogens is 1. The molecule has 0 radical (unpaired) electrons. The van der Waals surface area contributed by atoms with Crippen molar-refractivity contribution in [1.29, 1.82) is 0 Å². The third-order valence-electron chi connectivity index (χ3n) is 6.18. The minimum absolute atomic E-state index is 0.00356. The second kappa shape index (κ2) is 8.39. The number of nitrogens with one attached hydrogen (secondary N) is 2. The number of pyridine rings is 1. The first-order valence-electron chi connectivity index (χ1n) is 10.9. The van der Waals surface area contributed by atoms with E-state index in [2.05, 4.69) is 29.5 Å². The number of ketones is 1. The lowest BCUT2D eigenvalue weighted by Gasteiger charge is -2.39. The van der Waals surface area contributed by atoms with Crippen molar-refractivity contribution in [2.45, 2.75) is 46.5 Å². The van der Waals surface area contributed by atoms with Crippen LogP contribution in [0.5, 0.6) is 11.5 Å². The highest BCUT2D eigenvalue weighted by atomic mass is 16.5. The molecule has 0 spiro atoms. The highest BCUT2D eigenvalue weighted by Gasteiger charge is 2.42. The molecule has 172 valence electrons. The fraction of sp³-hybridized carbons (Fsp3) is 0.346. The third kappa shape index (κ3) is 4.35. The number of carbonyl (C=O) groups excluding carboxylic acids is 2. The summed E-state index contributed by atoms with van der Waals surface area (Å²) in [5.41, 5.74) is 4.06. The van der Waals surface area contributed by atoms with Gasteiger partial charge in [0, 0.05) is 41.1 Å². The lowest BCUT2D eigenvalue weighted by Crippen LogP contribution is -2.39. The van der Waals surface area contributed by atoms with Gasteiger partial charge in [-0.05, 0) is 61.1 Å². The third-order valence-corrected chi connectivity index (χ3v) is 6.18. The molecule has 7 nitrogen and oxygen atoms in total. The molecule has 7 heteroatoms. The molecule has 2 heterocycles. The van der Waals surface area contributed by atoms with E-state index in [0.29, 0.717) is 41.1 Å². The zero-order valence-electron chi connectivity index (χ0n) is 19.6. The molecule has 0 saturated heterocycles. The number of hydrogen-bond donors (Lipinski definition) is 3. The first kappa shape index (κ1) is 22.6. The van der Waals surface area contributed by atoms with Gasteiger partial charge < -0.3 is 20.5 Å². The molecule has 1 aromatic heterocycles. The van der Waals surface area contributed by atoms with Crippen molar-refractivity contribution in [1.82, 2.24) is 10.3 Å². The monoisotopic (exact) mass is 447 g/mol. The van der Waals surface area contributed by atoms with Crippen LogP contribution in [0.3, 0.4) is 0 Å². The molecule has 1 aliphatic heterocycles. The zero-order chi connectivity index (χ0) is 23.9. The molecule has 0 fully saturated rings. The number of ether oxygens (including phenoxy) is 1. The van der Waals surface area contributed by atoms with Crippen LogP contribution in [0.25, 0.3) is 0 Å². The maximum Gasteiger partial charge on any atom is 0.255 e. The zero-order valence-corrected chi connectivity index (χ0v) is 19.6. The number of benzene rings is 1. The Morgan fingerprint density at radius 3 is 2.67 bits per heavy atom. The van der Waals surface area contributed by atoms with E-state index in [1.807, 2.05) is 19.9 Å². The number of allylic oxidation sites excluding steroid dienone is 3. The smallest absolute Gasteiger partial charge is 0.255 e. The van der Waals surface area contributed by atoms with Gasteiger partial charge >= 0.3 is 0 Å². The van der Waals surface area contributed by atoms with Gasteiger partial charge in [-0.2, -0.15) is 0 Å². The molecule has 1 atom stereocenters. The summed E-state index contributed by atoms with van der Waals surface area (Å²) in [6, 6.07) is 8.60. The van der Waals surface area contributed by atoms with E-state index in [1.165, 1.54) is 13.2 Å². The summed E-state index contributed by atoms with van der Waals surface area (Å²) >= 11 is 0. The van der Waals surface area contributed by atoms with Crippen LogP contribution >= 0.6 is 0 Å². The molecule has 2 aromatic rings. The van der Waals surface area contributed by atoms with Gasteiger partial charge in [-0.3, -0.25) is 9.59 Å². The average Bonchev–Trinajstić information content (AvgIpc) is 2.72. The van der Waals surface area contributed by atoms with Crippen LogP contribution in [0, 0.1) is 12.3 Å². The average molecular weight is 448 g/mol. The molecule has 1 aliphatic carbocycles. The number of amides is 1. The number of aryl methyl sites for hydroxylation is 1. The van der Waals surface area contributed by atoms with E-state index in [-0.39, 0.29) is 28.6 Å². The Hall–Kier alpha value is -3.61. The van der Waals surface area contributed by atoms with Gasteiger partial charge in [0.15, 0.2) is 17.3 Å². The Bertz CT molecular complexity index is 1210. The van der Waals surface area contributed by atoms with E-state index in [0.717, 1.165) is 11.3 Å². The molecule has 1 amide bonds. The van der Waals surface area contributed by atoms with Gasteiger partial charge in [0.05, 0.1) is 7.11 Å². The van der Waals surface area contributed by atoms with Crippen molar-refractivity contribution < 1.29 is 19.4 Å². The molecular formula is C26H29N3O4. The summed E-state index contributed by atoms with van der Waals surface area (Å²) in [4.78, 5) is 31.2. The normalized spacial score (nSPS) is 19.7. The number of carbonyl (C=O) groups is 2. The second-order valence-electron chi connectivity index (χ2n) is 9.53. The Labute approximate surface area is 193 Å². The van der Waals surface area contributed by atoms with E-state index < -0.39 is 5.92 Å². The van der Waals surface area contributed by atoms with Gasteiger partial charge in [-0.15, -0.1) is 0 Å². The van der Waals surface area contributed by atoms with E-state index in [9.17, 15) is 14.7 Å². The Balaban J connectivity index is 1.84. The van der Waals surface area contributed by atoms with Crippen molar-refractivity contribution in [3.05, 3.63) is 70.2 Å². The molecule has 1 unspecified atom stereocenters. The predicted octanol–water partition coefficient (Wildman–Crippen LogP) is 4.35. The predicted molar refractivity (Wildman–Crippen MR) is 126 cm³/mol. The molecule has 2 aliphatic rings. The summed E-state index contributed by atoms with van der Waals surface area (Å²) in [6.07, 6.45) is 2.74. The maximum absolute atomic E-state index is 13.5. The van der Waals surface area contributed by atoms with Gasteiger partial charge in [0.25, 0.3) is 5.91 Å². The number of rotatable bonds is 4. The standard InChI is InChI=1S/C26H29N3O4/c1-14-8-9-27-21(10-14)29-25(32)22-15(2)28-17-12-26(3,4)13-19(31)24(17)23(22)16-6-7-18(30)20(11-16)33-5/h6-11,23,28,30H,12-13H2,1-5H3,(H,27,29,32). The van der Waals surface area contributed by atoms with E-state index in [4.69, 9.17) is 4.74 Å². The number of hydrogen-bond acceptors (Lipinski definition) is 6. The Morgan fingerprint density at radius 2 is 1.97 bits per heavy atom. The molecule has 3 N–H and O–H groups in total. The summed E-state index contributed by atoms with van der Waals surface area (Å²) in [7, 11) is 1.47. The van der Waals surface area contributed by atoms with E-state index in [1.54, 1.807) is 24.4 Å². The fourth-order valence-corrected chi connectivity index (χ4v) is 4.73. The minimum Gasteiger partial charge on any atom is -0.504 e. The number of nitrogens with zero attached hydrogens (tertiary/aromatic N) is 1. The van der Waals surface area contributed by atoms with Crippen LogP contribution in [0.15, 0.2) is 59.1 Å². The van der Waals surface area contributed by atoms with Crippen molar-refractivity contribution in [2.24, 2.45) is 5.41 Å². The Kier molecular flexibility index (Phi) is 5.74. The molecule has 1 aromatic carbocycles. The lowest BCUT2D eigenvalue weighted by atomic mass is 9.68. The number of dihydropyridines is 1. The number of aromatic hydroxyl groups is 1. The quantitative estimate of drug-likeness (QED) is 0.644. The minimum atomic E-state index is -0.593. The molecule has 4 rings (SSSR count). The van der Waals surface area contributed by atoms with Crippen molar-refractivity contribution in [2.75, 3.05) is 12.4 Å². The van der Waals surface area contributed by atoms with Gasteiger partial charge in [-0.1, -0.05) is 19.9 Å². The van der Waals surface area contributed by atoms with Crippen molar-refractivity contribution >= 4 is 17.5 Å². The summed E-state index contributed by atoms with van der Waals surface area (Å²) in [5.74, 6) is -0.190. The number of phenols is 1. The van der Waals surface area contributed by atoms with Crippen LogP contribution < -0.4 is 15.4 Å². The lowest BCUT2D eigenvalue weighted by molar-refractivity contribution is -0.118. The summed E-state index contributed by atoms with van der Waals surface area (Å²) in [5, 5.41) is 16.4.